The van der Waals surface area contributed by atoms with Gasteiger partial charge in [0, 0.05) is 5.39 Å². The van der Waals surface area contributed by atoms with Crippen LogP contribution in [0.15, 0.2) is 34.7 Å². The van der Waals surface area contributed by atoms with Gasteiger partial charge in [0.2, 0.25) is 0 Å². The molecule has 0 fully saturated rings. The Bertz CT molecular complexity index is 327. The summed E-state index contributed by atoms with van der Waals surface area (Å²) in [6.07, 6.45) is 1.25. The van der Waals surface area contributed by atoms with Crippen LogP contribution in [0, 0.1) is 6.92 Å². The number of hydrogen-bond acceptors (Lipinski definition) is 1. The lowest BCUT2D eigenvalue weighted by molar-refractivity contribution is 0.578. The molecule has 1 heterocycles. The number of aryl methyl sites for hydroxylation is 1. The molecular weight excluding hydrogens is 184 g/mol. The van der Waals surface area contributed by atoms with Crippen molar-refractivity contribution >= 4 is 11.0 Å². The van der Waals surface area contributed by atoms with E-state index in [1.807, 2.05) is 51.1 Å². The topological polar surface area (TPSA) is 13.1 Å². The molecule has 1 aromatic carbocycles. The van der Waals surface area contributed by atoms with Gasteiger partial charge in [-0.15, -0.1) is 0 Å². The van der Waals surface area contributed by atoms with Crippen molar-refractivity contribution in [3.63, 3.8) is 0 Å². The molecule has 0 radical (unpaired) electrons. The molecule has 1 aromatic heterocycles. The lowest BCUT2D eigenvalue weighted by atomic mass is 10.2. The lowest BCUT2D eigenvalue weighted by Gasteiger charge is -1.82. The molecule has 2 rings (SSSR count). The van der Waals surface area contributed by atoms with Gasteiger partial charge in [-0.25, -0.2) is 0 Å². The van der Waals surface area contributed by atoms with Gasteiger partial charge < -0.3 is 4.42 Å². The Kier molecular flexibility index (Phi) is 7.43. The van der Waals surface area contributed by atoms with Crippen LogP contribution in [0.5, 0.6) is 0 Å². The Hall–Kier alpha value is -1.24. The highest BCUT2D eigenvalue weighted by Crippen LogP contribution is 2.17. The minimum atomic E-state index is 0.972. The van der Waals surface area contributed by atoms with Crippen molar-refractivity contribution in [1.29, 1.82) is 0 Å². The molecule has 0 spiro atoms. The van der Waals surface area contributed by atoms with E-state index in [2.05, 4.69) is 13.8 Å². The predicted molar refractivity (Wildman–Crippen MR) is 68.3 cm³/mol. The normalized spacial score (nSPS) is 8.60. The molecule has 0 aliphatic carbocycles. The van der Waals surface area contributed by atoms with Crippen molar-refractivity contribution in [1.82, 2.24) is 0 Å². The third-order valence-electron chi connectivity index (χ3n) is 1.55. The smallest absolute Gasteiger partial charge is 0.134 e. The van der Waals surface area contributed by atoms with E-state index in [0.717, 1.165) is 11.3 Å². The standard InChI is InChI=1S/C9H8O.C3H8.C2H6/c1-7-6-8-4-2-3-5-9(8)10-7;1-3-2;1-2/h2-6H,1H3;3H2,1-2H3;1-2H3. The van der Waals surface area contributed by atoms with Crippen LogP contribution in [0.2, 0.25) is 0 Å². The van der Waals surface area contributed by atoms with Gasteiger partial charge in [0.05, 0.1) is 0 Å². The second kappa shape index (κ2) is 8.10. The van der Waals surface area contributed by atoms with Gasteiger partial charge in [0.1, 0.15) is 11.3 Å². The summed E-state index contributed by atoms with van der Waals surface area (Å²) >= 11 is 0. The van der Waals surface area contributed by atoms with Crippen LogP contribution in [0.4, 0.5) is 0 Å². The van der Waals surface area contributed by atoms with Gasteiger partial charge in [0.25, 0.3) is 0 Å². The fourth-order valence-corrected chi connectivity index (χ4v) is 1.11. The Balaban J connectivity index is 0.000000342. The average Bonchev–Trinajstić information content (AvgIpc) is 2.62. The van der Waals surface area contributed by atoms with Gasteiger partial charge >= 0.3 is 0 Å². The maximum Gasteiger partial charge on any atom is 0.134 e. The number of hydrogen-bond donors (Lipinski definition) is 0. The van der Waals surface area contributed by atoms with Crippen molar-refractivity contribution in [3.8, 4) is 0 Å². The van der Waals surface area contributed by atoms with Crippen molar-refractivity contribution in [2.24, 2.45) is 0 Å². The summed E-state index contributed by atoms with van der Waals surface area (Å²) in [5, 5.41) is 1.18. The maximum absolute atomic E-state index is 5.37. The third kappa shape index (κ3) is 4.68. The molecule has 0 N–H and O–H groups in total. The molecule has 0 atom stereocenters. The Morgan fingerprint density at radius 3 is 2.13 bits per heavy atom. The summed E-state index contributed by atoms with van der Waals surface area (Å²) in [5.74, 6) is 0.973. The van der Waals surface area contributed by atoms with Crippen LogP contribution in [-0.2, 0) is 0 Å². The average molecular weight is 206 g/mol. The molecule has 0 aliphatic heterocycles. The molecule has 15 heavy (non-hydrogen) atoms. The molecule has 2 aromatic rings. The number of benzene rings is 1. The summed E-state index contributed by atoms with van der Waals surface area (Å²) in [4.78, 5) is 0. The minimum absolute atomic E-state index is 0.972. The van der Waals surface area contributed by atoms with Gasteiger partial charge in [-0.2, -0.15) is 0 Å². The zero-order valence-corrected chi connectivity index (χ0v) is 10.5. The van der Waals surface area contributed by atoms with Crippen LogP contribution in [0.1, 0.15) is 39.9 Å². The predicted octanol–water partition coefficient (Wildman–Crippen LogP) is 5.18. The molecule has 1 nitrogen and oxygen atoms in total. The van der Waals surface area contributed by atoms with Crippen molar-refractivity contribution in [2.75, 3.05) is 0 Å². The number of furan rings is 1. The van der Waals surface area contributed by atoms with Crippen molar-refractivity contribution in [2.45, 2.75) is 41.0 Å². The van der Waals surface area contributed by atoms with E-state index in [9.17, 15) is 0 Å². The van der Waals surface area contributed by atoms with E-state index < -0.39 is 0 Å². The highest BCUT2D eigenvalue weighted by Gasteiger charge is 1.95. The third-order valence-corrected chi connectivity index (χ3v) is 1.55. The lowest BCUT2D eigenvalue weighted by Crippen LogP contribution is -1.57. The van der Waals surface area contributed by atoms with E-state index in [0.29, 0.717) is 0 Å². The quantitative estimate of drug-likeness (QED) is 0.578. The highest BCUT2D eigenvalue weighted by molar-refractivity contribution is 5.77. The van der Waals surface area contributed by atoms with E-state index >= 15 is 0 Å². The van der Waals surface area contributed by atoms with Crippen molar-refractivity contribution < 1.29 is 4.42 Å². The van der Waals surface area contributed by atoms with Crippen LogP contribution in [0.3, 0.4) is 0 Å². The number of rotatable bonds is 0. The summed E-state index contributed by atoms with van der Waals surface area (Å²) < 4.78 is 5.37. The largest absolute Gasteiger partial charge is 0.461 e. The molecule has 0 saturated heterocycles. The summed E-state index contributed by atoms with van der Waals surface area (Å²) in [7, 11) is 0. The zero-order chi connectivity index (χ0) is 11.7. The fraction of sp³-hybridized carbons (Fsp3) is 0.429. The van der Waals surface area contributed by atoms with Crippen LogP contribution >= 0.6 is 0 Å². The van der Waals surface area contributed by atoms with Gasteiger partial charge in [0.15, 0.2) is 0 Å². The fourth-order valence-electron chi connectivity index (χ4n) is 1.11. The Morgan fingerprint density at radius 1 is 1.07 bits per heavy atom. The monoisotopic (exact) mass is 206 g/mol. The van der Waals surface area contributed by atoms with E-state index in [1.165, 1.54) is 11.8 Å². The summed E-state index contributed by atoms with van der Waals surface area (Å²) in [6, 6.07) is 10.0. The highest BCUT2D eigenvalue weighted by atomic mass is 16.3. The molecule has 0 unspecified atom stereocenters. The molecular formula is C14H22O. The molecule has 84 valence electrons. The van der Waals surface area contributed by atoms with Crippen LogP contribution in [0.25, 0.3) is 11.0 Å². The van der Waals surface area contributed by atoms with E-state index in [-0.39, 0.29) is 0 Å². The Morgan fingerprint density at radius 2 is 1.60 bits per heavy atom. The first kappa shape index (κ1) is 13.8. The first-order valence-corrected chi connectivity index (χ1v) is 5.73. The molecule has 0 aliphatic rings. The van der Waals surface area contributed by atoms with Gasteiger partial charge in [-0.05, 0) is 19.1 Å². The van der Waals surface area contributed by atoms with Crippen LogP contribution < -0.4 is 0 Å². The second-order valence-electron chi connectivity index (χ2n) is 3.10. The van der Waals surface area contributed by atoms with Crippen molar-refractivity contribution in [3.05, 3.63) is 36.1 Å². The van der Waals surface area contributed by atoms with Gasteiger partial charge in [-0.3, -0.25) is 0 Å². The summed E-state index contributed by atoms with van der Waals surface area (Å²) in [5.41, 5.74) is 0.972. The second-order valence-corrected chi connectivity index (χ2v) is 3.10. The number of fused-ring (bicyclic) bond motifs is 1. The molecule has 1 heteroatoms. The first-order chi connectivity index (χ1) is 7.27. The molecule has 0 amide bonds. The van der Waals surface area contributed by atoms with E-state index in [4.69, 9.17) is 4.42 Å². The van der Waals surface area contributed by atoms with E-state index in [1.54, 1.807) is 0 Å². The summed E-state index contributed by atoms with van der Waals surface area (Å²) in [6.45, 7) is 10.2. The first-order valence-electron chi connectivity index (χ1n) is 5.73. The minimum Gasteiger partial charge on any atom is -0.461 e. The molecule has 0 bridgehead atoms. The maximum atomic E-state index is 5.37. The van der Waals surface area contributed by atoms with Gasteiger partial charge in [-0.1, -0.05) is 52.3 Å². The number of para-hydroxylation sites is 1. The zero-order valence-electron chi connectivity index (χ0n) is 10.5. The SMILES string of the molecule is CC.CCC.Cc1cc2ccccc2o1. The molecule has 0 saturated carbocycles. The van der Waals surface area contributed by atoms with Crippen LogP contribution in [-0.4, -0.2) is 0 Å². The Labute approximate surface area is 93.1 Å².